The van der Waals surface area contributed by atoms with E-state index >= 15 is 0 Å². The van der Waals surface area contributed by atoms with E-state index in [2.05, 4.69) is 15.4 Å². The van der Waals surface area contributed by atoms with Crippen molar-refractivity contribution in [1.82, 2.24) is 20.3 Å². The monoisotopic (exact) mass is 730 g/mol. The first-order valence-corrected chi connectivity index (χ1v) is 18.8. The molecule has 2 aliphatic carbocycles. The lowest BCUT2D eigenvalue weighted by molar-refractivity contribution is -0.141. The summed E-state index contributed by atoms with van der Waals surface area (Å²) in [5, 5.41) is 4.77. The summed E-state index contributed by atoms with van der Waals surface area (Å²) in [6, 6.07) is 3.27. The molecule has 0 radical (unpaired) electrons. The van der Waals surface area contributed by atoms with Gasteiger partial charge in [0.1, 0.15) is 29.3 Å². The predicted octanol–water partition coefficient (Wildman–Crippen LogP) is 2.50. The molecule has 0 bridgehead atoms. The number of carbonyl (C=O) groups is 6. The number of carbonyl (C=O) groups excluding carboxylic acids is 6. The van der Waals surface area contributed by atoms with Crippen LogP contribution < -0.4 is 15.4 Å². The number of nitrogens with one attached hydrogen (secondary N) is 3. The van der Waals surface area contributed by atoms with Crippen molar-refractivity contribution in [2.75, 3.05) is 13.7 Å². The van der Waals surface area contributed by atoms with Crippen LogP contribution in [-0.2, 0) is 38.6 Å². The molecule has 2 saturated carbocycles. The number of amides is 4. The van der Waals surface area contributed by atoms with Crippen LogP contribution >= 0.6 is 0 Å². The Morgan fingerprint density at radius 1 is 0.961 bits per heavy atom. The van der Waals surface area contributed by atoms with E-state index in [-0.39, 0.29) is 36.9 Å². The quantitative estimate of drug-likeness (QED) is 0.211. The molecule has 4 aliphatic rings. The second kappa shape index (κ2) is 15.0. The normalized spacial score (nSPS) is 27.6. The lowest BCUT2D eigenvalue weighted by atomic mass is 10.0. The Labute approximate surface area is 297 Å². The highest BCUT2D eigenvalue weighted by Crippen LogP contribution is 2.46. The van der Waals surface area contributed by atoms with Crippen molar-refractivity contribution >= 4 is 45.8 Å². The molecule has 2 aliphatic heterocycles. The van der Waals surface area contributed by atoms with Gasteiger partial charge < -0.3 is 29.7 Å². The fourth-order valence-corrected chi connectivity index (χ4v) is 7.74. The average Bonchev–Trinajstić information content (AvgIpc) is 3.99. The first kappa shape index (κ1) is 37.8. The van der Waals surface area contributed by atoms with Gasteiger partial charge in [-0.05, 0) is 83.6 Å². The molecule has 5 rings (SSSR count). The number of alkyl carbamates (subject to hydrolysis) is 1. The Bertz CT molecular complexity index is 1680. The number of hydrogen-bond donors (Lipinski definition) is 3. The topological polar surface area (TPSA) is 204 Å². The Morgan fingerprint density at radius 2 is 1.63 bits per heavy atom. The largest absolute Gasteiger partial charge is 0.465 e. The second-order valence-corrected chi connectivity index (χ2v) is 16.5. The van der Waals surface area contributed by atoms with Crippen molar-refractivity contribution in [3.05, 3.63) is 47.5 Å². The summed E-state index contributed by atoms with van der Waals surface area (Å²) >= 11 is 0. The summed E-state index contributed by atoms with van der Waals surface area (Å²) in [4.78, 5) is 81.0. The molecular weight excluding hydrogens is 684 g/mol. The molecule has 5 atom stereocenters. The van der Waals surface area contributed by atoms with E-state index in [9.17, 15) is 37.2 Å². The van der Waals surface area contributed by atoms with E-state index in [0.29, 0.717) is 25.7 Å². The average molecular weight is 731 g/mol. The maximum Gasteiger partial charge on any atom is 0.408 e. The Morgan fingerprint density at radius 3 is 2.25 bits per heavy atom. The smallest absolute Gasteiger partial charge is 0.408 e. The van der Waals surface area contributed by atoms with Gasteiger partial charge in [-0.3, -0.25) is 19.1 Å². The highest BCUT2D eigenvalue weighted by Gasteiger charge is 2.62. The highest BCUT2D eigenvalue weighted by molar-refractivity contribution is 7.91. The van der Waals surface area contributed by atoms with Crippen LogP contribution in [0.15, 0.2) is 36.4 Å². The van der Waals surface area contributed by atoms with Crippen LogP contribution in [0.25, 0.3) is 0 Å². The number of methoxy groups -OCH3 is 1. The van der Waals surface area contributed by atoms with Crippen molar-refractivity contribution in [2.24, 2.45) is 5.92 Å². The van der Waals surface area contributed by atoms with Gasteiger partial charge in [0.25, 0.3) is 5.91 Å². The van der Waals surface area contributed by atoms with Gasteiger partial charge in [-0.2, -0.15) is 0 Å². The lowest BCUT2D eigenvalue weighted by Gasteiger charge is -2.30. The van der Waals surface area contributed by atoms with Crippen molar-refractivity contribution in [3.8, 4) is 0 Å². The first-order chi connectivity index (χ1) is 24.0. The van der Waals surface area contributed by atoms with Crippen LogP contribution in [0, 0.1) is 5.92 Å². The minimum atomic E-state index is -3.92. The molecule has 51 heavy (non-hydrogen) atoms. The van der Waals surface area contributed by atoms with Crippen LogP contribution in [0.3, 0.4) is 0 Å². The fourth-order valence-electron chi connectivity index (χ4n) is 6.38. The van der Waals surface area contributed by atoms with Crippen molar-refractivity contribution in [3.63, 3.8) is 0 Å². The van der Waals surface area contributed by atoms with Crippen molar-refractivity contribution in [1.29, 1.82) is 0 Å². The van der Waals surface area contributed by atoms with Crippen LogP contribution in [0.4, 0.5) is 4.79 Å². The molecule has 0 unspecified atom stereocenters. The molecule has 1 saturated heterocycles. The van der Waals surface area contributed by atoms with Gasteiger partial charge in [-0.15, -0.1) is 0 Å². The van der Waals surface area contributed by atoms with Gasteiger partial charge in [-0.1, -0.05) is 25.0 Å². The summed E-state index contributed by atoms with van der Waals surface area (Å²) in [5.74, 6) is -4.00. The van der Waals surface area contributed by atoms with Crippen molar-refractivity contribution in [2.45, 2.75) is 113 Å². The van der Waals surface area contributed by atoms with Gasteiger partial charge in [-0.25, -0.2) is 22.8 Å². The Kier molecular flexibility index (Phi) is 11.1. The fraction of sp³-hybridized carbons (Fsp3) is 0.600. The van der Waals surface area contributed by atoms with Gasteiger partial charge in [0.2, 0.25) is 21.8 Å². The molecule has 3 fully saturated rings. The van der Waals surface area contributed by atoms with Crippen LogP contribution in [0.2, 0.25) is 0 Å². The Hall–Kier alpha value is -4.47. The first-order valence-electron chi connectivity index (χ1n) is 17.3. The standard InChI is InChI=1S/C35H46N4O11S/c1-34(2,3)50-33(45)36-26-11-9-7-5-6-8-10-23-19-35(23,32(44)38-51(46,47)25-16-17-25)37-28(40)27-18-24(20-39(27)29(26)41)49-31(43)22-14-12-21(13-15-22)30(42)48-4/h8,10,12-15,23-27H,5-7,9,11,16-20H2,1-4H3,(H,36,45)(H,37,40)(H,38,44)/b10-8-/t23-,24+,26-,27-,35+/m0/s1. The number of nitrogens with zero attached hydrogens (tertiary/aromatic N) is 1. The zero-order valence-electron chi connectivity index (χ0n) is 29.3. The maximum atomic E-state index is 14.2. The molecule has 1 aromatic rings. The minimum Gasteiger partial charge on any atom is -0.465 e. The lowest BCUT2D eigenvalue weighted by Crippen LogP contribution is -2.58. The summed E-state index contributed by atoms with van der Waals surface area (Å²) in [6.07, 6.45) is 5.79. The molecule has 16 heteroatoms. The third-order valence-corrected chi connectivity index (χ3v) is 11.2. The molecule has 0 aromatic heterocycles. The van der Waals surface area contributed by atoms with E-state index in [0.717, 1.165) is 12.8 Å². The van der Waals surface area contributed by atoms with E-state index in [1.54, 1.807) is 20.8 Å². The minimum absolute atomic E-state index is 0.118. The second-order valence-electron chi connectivity index (χ2n) is 14.6. The number of rotatable bonds is 7. The number of ether oxygens (including phenoxy) is 3. The molecule has 1 aromatic carbocycles. The maximum absolute atomic E-state index is 14.2. The zero-order chi connectivity index (χ0) is 37.1. The molecule has 278 valence electrons. The third-order valence-electron chi connectivity index (χ3n) is 9.35. The highest BCUT2D eigenvalue weighted by atomic mass is 32.2. The zero-order valence-corrected chi connectivity index (χ0v) is 30.1. The van der Waals surface area contributed by atoms with E-state index in [1.807, 2.05) is 12.2 Å². The van der Waals surface area contributed by atoms with E-state index in [4.69, 9.17) is 14.2 Å². The summed E-state index contributed by atoms with van der Waals surface area (Å²) < 4.78 is 43.5. The van der Waals surface area contributed by atoms with Gasteiger partial charge in [0.05, 0.1) is 30.0 Å². The summed E-state index contributed by atoms with van der Waals surface area (Å²) in [7, 11) is -2.69. The van der Waals surface area contributed by atoms with E-state index in [1.165, 1.54) is 36.3 Å². The van der Waals surface area contributed by atoms with Crippen molar-refractivity contribution < 1.29 is 51.4 Å². The Balaban J connectivity index is 1.41. The number of hydrogen-bond acceptors (Lipinski definition) is 11. The number of fused-ring (bicyclic) bond motifs is 2. The third kappa shape index (κ3) is 9.26. The SMILES string of the molecule is COC(=O)c1ccc(C(=O)O[C@@H]2C[C@H]3C(=O)N[C@]4(C(=O)NS(=O)(=O)C5CC5)C[C@@H]4/C=C\CCCCC[C@H](NC(=O)OC(C)(C)C)C(=O)N3C2)cc1. The number of allylic oxidation sites excluding steroid dienone is 1. The van der Waals surface area contributed by atoms with Gasteiger partial charge in [0, 0.05) is 12.3 Å². The van der Waals surface area contributed by atoms with Crippen LogP contribution in [0.1, 0.15) is 99.3 Å². The molecule has 3 N–H and O–H groups in total. The molecule has 2 heterocycles. The number of sulfonamides is 1. The number of benzene rings is 1. The molecule has 4 amide bonds. The van der Waals surface area contributed by atoms with Gasteiger partial charge in [0.15, 0.2) is 0 Å². The van der Waals surface area contributed by atoms with Gasteiger partial charge >= 0.3 is 18.0 Å². The summed E-state index contributed by atoms with van der Waals surface area (Å²) in [6.45, 7) is 4.87. The van der Waals surface area contributed by atoms with Crippen LogP contribution in [-0.4, -0.2) is 97.3 Å². The predicted molar refractivity (Wildman–Crippen MR) is 182 cm³/mol. The number of esters is 2. The summed E-state index contributed by atoms with van der Waals surface area (Å²) in [5.41, 5.74) is -2.06. The van der Waals surface area contributed by atoms with E-state index < -0.39 is 86.3 Å². The molecule has 0 spiro atoms. The molecule has 15 nitrogen and oxygen atoms in total. The molecular formula is C35H46N4O11S. The van der Waals surface area contributed by atoms with Crippen LogP contribution in [0.5, 0.6) is 0 Å².